The molecule has 6 heteroatoms. The van der Waals surface area contributed by atoms with Gasteiger partial charge in [-0.15, -0.1) is 0 Å². The summed E-state index contributed by atoms with van der Waals surface area (Å²) in [4.78, 5) is 37.9. The third-order valence-electron chi connectivity index (χ3n) is 10.6. The lowest BCUT2D eigenvalue weighted by molar-refractivity contribution is -0.166. The molecule has 1 unspecified atom stereocenters. The van der Waals surface area contributed by atoms with Gasteiger partial charge in [-0.25, -0.2) is 0 Å². The second-order valence-electron chi connectivity index (χ2n) is 16.7. The highest BCUT2D eigenvalue weighted by Gasteiger charge is 2.19. The first kappa shape index (κ1) is 59.3. The Hall–Kier alpha value is -3.67. The Morgan fingerprint density at radius 1 is 0.333 bits per heavy atom. The Morgan fingerprint density at radius 3 is 1.06 bits per heavy atom. The molecule has 0 aliphatic carbocycles. The zero-order chi connectivity index (χ0) is 45.8. The van der Waals surface area contributed by atoms with Crippen molar-refractivity contribution in [1.29, 1.82) is 0 Å². The monoisotopic (exact) mass is 875 g/mol. The molecule has 0 aromatic heterocycles. The van der Waals surface area contributed by atoms with E-state index in [2.05, 4.69) is 106 Å². The van der Waals surface area contributed by atoms with Crippen LogP contribution in [-0.2, 0) is 28.6 Å². The van der Waals surface area contributed by atoms with Gasteiger partial charge in [0.15, 0.2) is 6.10 Å². The third-order valence-corrected chi connectivity index (χ3v) is 10.6. The minimum Gasteiger partial charge on any atom is -0.462 e. The summed E-state index contributed by atoms with van der Waals surface area (Å²) in [6, 6.07) is 0. The number of esters is 3. The highest BCUT2D eigenvalue weighted by Crippen LogP contribution is 2.12. The van der Waals surface area contributed by atoms with Crippen LogP contribution in [0.3, 0.4) is 0 Å². The van der Waals surface area contributed by atoms with Crippen LogP contribution in [0.15, 0.2) is 97.2 Å². The van der Waals surface area contributed by atoms with Gasteiger partial charge in [-0.2, -0.15) is 0 Å². The first-order chi connectivity index (χ1) is 31.0. The van der Waals surface area contributed by atoms with Crippen LogP contribution < -0.4 is 0 Å². The summed E-state index contributed by atoms with van der Waals surface area (Å²) >= 11 is 0. The first-order valence-corrected chi connectivity index (χ1v) is 25.7. The average molecular weight is 875 g/mol. The van der Waals surface area contributed by atoms with Crippen molar-refractivity contribution >= 4 is 17.9 Å². The number of unbranched alkanes of at least 4 members (excludes halogenated alkanes) is 18. The molecular weight excluding hydrogens is 781 g/mol. The van der Waals surface area contributed by atoms with Crippen molar-refractivity contribution in [2.75, 3.05) is 13.2 Å². The minimum atomic E-state index is -0.821. The molecule has 63 heavy (non-hydrogen) atoms. The minimum absolute atomic E-state index is 0.115. The van der Waals surface area contributed by atoms with Crippen molar-refractivity contribution in [1.82, 2.24) is 0 Å². The molecule has 358 valence electrons. The van der Waals surface area contributed by atoms with Gasteiger partial charge >= 0.3 is 17.9 Å². The molecule has 0 aliphatic heterocycles. The summed E-state index contributed by atoms with van der Waals surface area (Å²) in [6.07, 6.45) is 66.9. The van der Waals surface area contributed by atoms with Crippen LogP contribution in [0.1, 0.15) is 226 Å². The second-order valence-corrected chi connectivity index (χ2v) is 16.7. The summed E-state index contributed by atoms with van der Waals surface area (Å²) in [5.41, 5.74) is 0. The Kier molecular flexibility index (Phi) is 48.0. The van der Waals surface area contributed by atoms with E-state index in [9.17, 15) is 14.4 Å². The van der Waals surface area contributed by atoms with Gasteiger partial charge in [-0.05, 0) is 109 Å². The van der Waals surface area contributed by atoms with E-state index in [0.717, 1.165) is 103 Å². The smallest absolute Gasteiger partial charge is 0.306 e. The molecule has 0 saturated heterocycles. The molecular formula is C57H94O6. The molecule has 0 saturated carbocycles. The van der Waals surface area contributed by atoms with Crippen molar-refractivity contribution in [3.63, 3.8) is 0 Å². The lowest BCUT2D eigenvalue weighted by atomic mass is 10.1. The number of hydrogen-bond donors (Lipinski definition) is 0. The highest BCUT2D eigenvalue weighted by atomic mass is 16.6. The maximum absolute atomic E-state index is 12.8. The van der Waals surface area contributed by atoms with Crippen molar-refractivity contribution in [2.24, 2.45) is 0 Å². The fraction of sp³-hybridized carbons (Fsp3) is 0.667. The standard InChI is InChI=1S/C57H94O6/c1-4-7-10-13-16-19-22-25-26-27-28-29-30-33-35-38-41-44-47-50-56(59)62-53-54(63-57(60)51-48-45-42-39-36-32-24-21-18-15-12-9-6-3)52-61-55(58)49-46-43-40-37-34-31-23-20-17-14-11-8-5-2/h7,10,16,19,25-26,28-29,31-36,41,44,54H,4-6,8-9,11-15,17-18,20-24,27,30,37-40,42-43,45-53H2,1-3H3/b10-7-,19-16-,26-25-,29-28-,34-31-,35-33-,36-32-,44-41-. The molecule has 0 bridgehead atoms. The number of hydrogen-bond acceptors (Lipinski definition) is 6. The van der Waals surface area contributed by atoms with Crippen LogP contribution in [0.4, 0.5) is 0 Å². The van der Waals surface area contributed by atoms with E-state index in [0.29, 0.717) is 12.8 Å². The van der Waals surface area contributed by atoms with Crippen molar-refractivity contribution < 1.29 is 28.6 Å². The highest BCUT2D eigenvalue weighted by molar-refractivity contribution is 5.71. The van der Waals surface area contributed by atoms with Crippen LogP contribution in [-0.4, -0.2) is 37.2 Å². The number of ether oxygens (including phenoxy) is 3. The fourth-order valence-corrected chi connectivity index (χ4v) is 6.69. The van der Waals surface area contributed by atoms with Crippen LogP contribution in [0.2, 0.25) is 0 Å². The Balaban J connectivity index is 4.54. The lowest BCUT2D eigenvalue weighted by Crippen LogP contribution is -2.30. The molecule has 6 nitrogen and oxygen atoms in total. The van der Waals surface area contributed by atoms with Gasteiger partial charge in [0.1, 0.15) is 13.2 Å². The third kappa shape index (κ3) is 49.2. The Labute approximate surface area is 387 Å². The molecule has 0 heterocycles. The van der Waals surface area contributed by atoms with Crippen molar-refractivity contribution in [3.8, 4) is 0 Å². The Bertz CT molecular complexity index is 1280. The predicted molar refractivity (Wildman–Crippen MR) is 270 cm³/mol. The summed E-state index contributed by atoms with van der Waals surface area (Å²) in [7, 11) is 0. The number of carbonyl (C=O) groups is 3. The summed E-state index contributed by atoms with van der Waals surface area (Å²) in [5.74, 6) is -1.04. The van der Waals surface area contributed by atoms with Crippen LogP contribution >= 0.6 is 0 Å². The van der Waals surface area contributed by atoms with E-state index in [4.69, 9.17) is 14.2 Å². The molecule has 0 N–H and O–H groups in total. The number of rotatable bonds is 45. The summed E-state index contributed by atoms with van der Waals surface area (Å²) < 4.78 is 16.7. The molecule has 0 fully saturated rings. The van der Waals surface area contributed by atoms with Crippen molar-refractivity contribution in [3.05, 3.63) is 97.2 Å². The first-order valence-electron chi connectivity index (χ1n) is 25.7. The maximum Gasteiger partial charge on any atom is 0.306 e. The van der Waals surface area contributed by atoms with Gasteiger partial charge in [-0.1, -0.05) is 195 Å². The predicted octanol–water partition coefficient (Wildman–Crippen LogP) is 17.0. The van der Waals surface area contributed by atoms with Crippen LogP contribution in [0.25, 0.3) is 0 Å². The van der Waals surface area contributed by atoms with Gasteiger partial charge in [0, 0.05) is 19.3 Å². The maximum atomic E-state index is 12.8. The van der Waals surface area contributed by atoms with E-state index in [1.165, 1.54) is 77.0 Å². The largest absolute Gasteiger partial charge is 0.462 e. The molecule has 0 rings (SSSR count). The lowest BCUT2D eigenvalue weighted by Gasteiger charge is -2.18. The molecule has 0 aliphatic rings. The summed E-state index contributed by atoms with van der Waals surface area (Å²) in [6.45, 7) is 6.40. The zero-order valence-electron chi connectivity index (χ0n) is 40.8. The van der Waals surface area contributed by atoms with Crippen LogP contribution in [0, 0.1) is 0 Å². The molecule has 0 radical (unpaired) electrons. The number of allylic oxidation sites excluding steroid dienone is 16. The average Bonchev–Trinajstić information content (AvgIpc) is 3.28. The molecule has 1 atom stereocenters. The molecule has 0 spiro atoms. The Morgan fingerprint density at radius 2 is 0.651 bits per heavy atom. The van der Waals surface area contributed by atoms with E-state index < -0.39 is 6.10 Å². The van der Waals surface area contributed by atoms with E-state index >= 15 is 0 Å². The van der Waals surface area contributed by atoms with Gasteiger partial charge < -0.3 is 14.2 Å². The second kappa shape index (κ2) is 51.0. The van der Waals surface area contributed by atoms with Crippen molar-refractivity contribution in [2.45, 2.75) is 232 Å². The zero-order valence-corrected chi connectivity index (χ0v) is 40.8. The normalized spacial score (nSPS) is 12.9. The SMILES string of the molecule is CC/C=C\C/C=C\C/C=C\C/C=C\C/C=C\C/C=C\CCC(=O)OCC(COC(=O)CCCCC/C=C\CCCCCCCC)OC(=O)CCCCC/C=C\CCCCCCCC. The summed E-state index contributed by atoms with van der Waals surface area (Å²) in [5, 5.41) is 0. The van der Waals surface area contributed by atoms with Gasteiger partial charge in [0.2, 0.25) is 0 Å². The van der Waals surface area contributed by atoms with E-state index in [1.807, 2.05) is 12.2 Å². The van der Waals surface area contributed by atoms with E-state index in [1.54, 1.807) is 0 Å². The van der Waals surface area contributed by atoms with Gasteiger partial charge in [-0.3, -0.25) is 14.4 Å². The molecule has 0 aromatic rings. The molecule has 0 aromatic carbocycles. The number of carbonyl (C=O) groups excluding carboxylic acids is 3. The molecule has 0 amide bonds. The quantitative estimate of drug-likeness (QED) is 0.0262. The van der Waals surface area contributed by atoms with Gasteiger partial charge in [0.25, 0.3) is 0 Å². The van der Waals surface area contributed by atoms with E-state index in [-0.39, 0.29) is 44.0 Å². The topological polar surface area (TPSA) is 78.9 Å². The fourth-order valence-electron chi connectivity index (χ4n) is 6.69. The van der Waals surface area contributed by atoms with Gasteiger partial charge in [0.05, 0.1) is 0 Å². The van der Waals surface area contributed by atoms with Crippen LogP contribution in [0.5, 0.6) is 0 Å².